The number of ether oxygens (including phenoxy) is 1. The van der Waals surface area contributed by atoms with Gasteiger partial charge in [0.2, 0.25) is 0 Å². The number of alkyl carbamates (subject to hydrolysis) is 1. The maximum absolute atomic E-state index is 12.3. The fraction of sp³-hybridized carbons (Fsp3) is 0.682. The van der Waals surface area contributed by atoms with Gasteiger partial charge in [-0.2, -0.15) is 11.8 Å². The van der Waals surface area contributed by atoms with Crippen LogP contribution in [0.2, 0.25) is 0 Å². The largest absolute Gasteiger partial charge is 0.444 e. The molecule has 6 heteroatoms. The van der Waals surface area contributed by atoms with Crippen molar-refractivity contribution in [2.75, 3.05) is 32.1 Å². The second kappa shape index (κ2) is 9.99. The van der Waals surface area contributed by atoms with Crippen LogP contribution in [0.1, 0.15) is 39.7 Å². The summed E-state index contributed by atoms with van der Waals surface area (Å²) >= 11 is 2.02. The van der Waals surface area contributed by atoms with Crippen LogP contribution in [0.25, 0.3) is 0 Å². The molecule has 3 atom stereocenters. The highest BCUT2D eigenvalue weighted by Crippen LogP contribution is 2.31. The van der Waals surface area contributed by atoms with Gasteiger partial charge in [-0.1, -0.05) is 30.3 Å². The van der Waals surface area contributed by atoms with E-state index in [0.717, 1.165) is 18.7 Å². The molecule has 1 aliphatic rings. The second-order valence-electron chi connectivity index (χ2n) is 9.03. The highest BCUT2D eigenvalue weighted by atomic mass is 32.2. The Kier molecular flexibility index (Phi) is 8.22. The van der Waals surface area contributed by atoms with Crippen LogP contribution in [-0.2, 0) is 11.2 Å². The first kappa shape index (κ1) is 23.0. The lowest BCUT2D eigenvalue weighted by Crippen LogP contribution is -2.58. The molecule has 1 aromatic rings. The highest BCUT2D eigenvalue weighted by Gasteiger charge is 2.37. The van der Waals surface area contributed by atoms with E-state index >= 15 is 0 Å². The lowest BCUT2D eigenvalue weighted by molar-refractivity contribution is 0.0495. The summed E-state index contributed by atoms with van der Waals surface area (Å²) in [6.07, 6.45) is 1.68. The predicted molar refractivity (Wildman–Crippen MR) is 119 cm³/mol. The summed E-state index contributed by atoms with van der Waals surface area (Å²) in [5.74, 6) is 2.34. The van der Waals surface area contributed by atoms with E-state index in [9.17, 15) is 4.79 Å². The van der Waals surface area contributed by atoms with Crippen molar-refractivity contribution in [3.8, 4) is 0 Å². The third-order valence-electron chi connectivity index (χ3n) is 5.37. The Morgan fingerprint density at radius 1 is 1.29 bits per heavy atom. The molecule has 5 nitrogen and oxygen atoms in total. The number of nitrogens with zero attached hydrogens (tertiary/aromatic N) is 1. The molecule has 1 aliphatic heterocycles. The molecule has 1 aromatic carbocycles. The van der Waals surface area contributed by atoms with Crippen LogP contribution in [0.4, 0.5) is 4.79 Å². The van der Waals surface area contributed by atoms with Gasteiger partial charge < -0.3 is 20.3 Å². The van der Waals surface area contributed by atoms with Gasteiger partial charge in [0.05, 0.1) is 0 Å². The fourth-order valence-electron chi connectivity index (χ4n) is 3.46. The number of rotatable bonds is 8. The van der Waals surface area contributed by atoms with Gasteiger partial charge in [0.15, 0.2) is 0 Å². The van der Waals surface area contributed by atoms with E-state index in [4.69, 9.17) is 4.74 Å². The van der Waals surface area contributed by atoms with Crippen molar-refractivity contribution in [1.29, 1.82) is 0 Å². The smallest absolute Gasteiger partial charge is 0.407 e. The lowest BCUT2D eigenvalue weighted by Gasteiger charge is -2.38. The molecule has 158 valence electrons. The van der Waals surface area contributed by atoms with Crippen molar-refractivity contribution in [2.45, 2.75) is 63.8 Å². The number of hydrogen-bond donors (Lipinski definition) is 2. The molecule has 1 amide bonds. The number of benzene rings is 1. The first-order valence-corrected chi connectivity index (χ1v) is 11.3. The molecule has 2 rings (SSSR count). The Bertz CT molecular complexity index is 610. The van der Waals surface area contributed by atoms with E-state index in [1.54, 1.807) is 0 Å². The lowest BCUT2D eigenvalue weighted by atomic mass is 9.94. The minimum Gasteiger partial charge on any atom is -0.444 e. The van der Waals surface area contributed by atoms with E-state index < -0.39 is 5.60 Å². The second-order valence-corrected chi connectivity index (χ2v) is 10.1. The van der Waals surface area contributed by atoms with E-state index in [1.165, 1.54) is 17.7 Å². The Labute approximate surface area is 175 Å². The molecular weight excluding hydrogens is 370 g/mol. The minimum atomic E-state index is -0.498. The van der Waals surface area contributed by atoms with Crippen molar-refractivity contribution < 1.29 is 9.53 Å². The maximum atomic E-state index is 12.3. The SMILES string of the molecule is C[C@H](NC(=O)OC(C)(C)C)[C@H](Cc1ccccc1)NC[C@@]1(N(C)C)CCSC1. The molecule has 0 spiro atoms. The predicted octanol–water partition coefficient (Wildman–Crippen LogP) is 3.54. The first-order valence-electron chi connectivity index (χ1n) is 10.1. The Morgan fingerprint density at radius 2 is 1.96 bits per heavy atom. The average Bonchev–Trinajstić information content (AvgIpc) is 3.08. The molecule has 0 aromatic heterocycles. The number of hydrogen-bond acceptors (Lipinski definition) is 5. The third kappa shape index (κ3) is 6.98. The zero-order valence-corrected chi connectivity index (χ0v) is 19.1. The zero-order chi connectivity index (χ0) is 20.8. The number of nitrogens with one attached hydrogen (secondary N) is 2. The molecule has 1 heterocycles. The fourth-order valence-corrected chi connectivity index (χ4v) is 5.01. The van der Waals surface area contributed by atoms with Crippen LogP contribution in [0.3, 0.4) is 0 Å². The third-order valence-corrected chi connectivity index (χ3v) is 6.61. The normalized spacial score (nSPS) is 22.1. The number of carbonyl (C=O) groups excluding carboxylic acids is 1. The maximum Gasteiger partial charge on any atom is 0.407 e. The standard InChI is InChI=1S/C22H37N3O2S/c1-17(24-20(26)27-21(2,3)4)19(14-18-10-8-7-9-11-18)23-15-22(25(5)6)12-13-28-16-22/h7-11,17,19,23H,12-16H2,1-6H3,(H,24,26)/t17-,19-,22-/m0/s1. The summed E-state index contributed by atoms with van der Waals surface area (Å²) in [6.45, 7) is 8.61. The Hall–Kier alpha value is -1.24. The topological polar surface area (TPSA) is 53.6 Å². The van der Waals surface area contributed by atoms with Crippen molar-refractivity contribution in [1.82, 2.24) is 15.5 Å². The van der Waals surface area contributed by atoms with E-state index in [2.05, 4.69) is 60.8 Å². The van der Waals surface area contributed by atoms with Gasteiger partial charge in [-0.05, 0) is 65.9 Å². The molecule has 0 saturated carbocycles. The average molecular weight is 408 g/mol. The summed E-state index contributed by atoms with van der Waals surface area (Å²) in [5.41, 5.74) is 0.936. The minimum absolute atomic E-state index is 0.0525. The number of thioether (sulfide) groups is 1. The number of likely N-dealkylation sites (N-methyl/N-ethyl adjacent to an activating group) is 1. The van der Waals surface area contributed by atoms with Crippen LogP contribution in [0, 0.1) is 0 Å². The molecule has 28 heavy (non-hydrogen) atoms. The van der Waals surface area contributed by atoms with Crippen molar-refractivity contribution in [2.24, 2.45) is 0 Å². The molecule has 1 fully saturated rings. The van der Waals surface area contributed by atoms with E-state index in [1.807, 2.05) is 38.6 Å². The van der Waals surface area contributed by atoms with Crippen molar-refractivity contribution in [3.05, 3.63) is 35.9 Å². The quantitative estimate of drug-likeness (QED) is 0.690. The van der Waals surface area contributed by atoms with Crippen LogP contribution in [0.5, 0.6) is 0 Å². The van der Waals surface area contributed by atoms with E-state index in [-0.39, 0.29) is 23.7 Å². The van der Waals surface area contributed by atoms with Gasteiger partial charge in [0.25, 0.3) is 0 Å². The van der Waals surface area contributed by atoms with Crippen LogP contribution in [-0.4, -0.2) is 66.4 Å². The molecule has 0 radical (unpaired) electrons. The monoisotopic (exact) mass is 407 g/mol. The first-order chi connectivity index (χ1) is 13.1. The number of amides is 1. The summed E-state index contributed by atoms with van der Waals surface area (Å²) < 4.78 is 5.46. The van der Waals surface area contributed by atoms with Gasteiger partial charge >= 0.3 is 6.09 Å². The molecule has 0 bridgehead atoms. The van der Waals surface area contributed by atoms with Gasteiger partial charge in [-0.15, -0.1) is 0 Å². The molecule has 0 aliphatic carbocycles. The zero-order valence-electron chi connectivity index (χ0n) is 18.2. The highest BCUT2D eigenvalue weighted by molar-refractivity contribution is 7.99. The van der Waals surface area contributed by atoms with E-state index in [0.29, 0.717) is 0 Å². The molecule has 2 N–H and O–H groups in total. The molecule has 1 saturated heterocycles. The summed E-state index contributed by atoms with van der Waals surface area (Å²) in [4.78, 5) is 14.6. The van der Waals surface area contributed by atoms with Gasteiger partial charge in [0, 0.05) is 29.9 Å². The Balaban J connectivity index is 2.06. The van der Waals surface area contributed by atoms with Gasteiger partial charge in [0.1, 0.15) is 5.60 Å². The Morgan fingerprint density at radius 3 is 2.50 bits per heavy atom. The van der Waals surface area contributed by atoms with Crippen molar-refractivity contribution >= 4 is 17.9 Å². The molecule has 0 unspecified atom stereocenters. The van der Waals surface area contributed by atoms with Crippen molar-refractivity contribution in [3.63, 3.8) is 0 Å². The number of carbonyl (C=O) groups is 1. The van der Waals surface area contributed by atoms with Crippen LogP contribution < -0.4 is 10.6 Å². The summed E-state index contributed by atoms with van der Waals surface area (Å²) in [6, 6.07) is 10.5. The van der Waals surface area contributed by atoms with Gasteiger partial charge in [-0.25, -0.2) is 4.79 Å². The van der Waals surface area contributed by atoms with Crippen LogP contribution in [0.15, 0.2) is 30.3 Å². The summed E-state index contributed by atoms with van der Waals surface area (Å²) in [5, 5.41) is 6.81. The summed E-state index contributed by atoms with van der Waals surface area (Å²) in [7, 11) is 4.34. The molecular formula is C22H37N3O2S. The van der Waals surface area contributed by atoms with Crippen LogP contribution >= 0.6 is 11.8 Å². The van der Waals surface area contributed by atoms with Gasteiger partial charge in [-0.3, -0.25) is 0 Å².